The molecule has 2 N–H and O–H groups in total. The molecule has 0 amide bonds. The quantitative estimate of drug-likeness (QED) is 0.672. The number of ether oxygens (including phenoxy) is 2. The number of nitrogen functional groups attached to an aromatic ring is 1. The van der Waals surface area contributed by atoms with Gasteiger partial charge in [0.15, 0.2) is 0 Å². The molecule has 1 saturated carbocycles. The van der Waals surface area contributed by atoms with E-state index < -0.39 is 0 Å². The SMILES string of the molecule is COc1ccc(C(=O)OC2CCC(C)CC2)c(N)c1. The minimum Gasteiger partial charge on any atom is -0.497 e. The zero-order chi connectivity index (χ0) is 13.8. The second kappa shape index (κ2) is 5.95. The molecule has 0 aliphatic heterocycles. The van der Waals surface area contributed by atoms with Gasteiger partial charge >= 0.3 is 5.97 Å². The number of benzene rings is 1. The lowest BCUT2D eigenvalue weighted by Gasteiger charge is -2.26. The van der Waals surface area contributed by atoms with E-state index in [0.29, 0.717) is 17.0 Å². The average Bonchev–Trinajstić information content (AvgIpc) is 2.41. The maximum Gasteiger partial charge on any atom is 0.340 e. The molecule has 0 heterocycles. The number of anilines is 1. The maximum atomic E-state index is 12.1. The van der Waals surface area contributed by atoms with Crippen LogP contribution in [-0.4, -0.2) is 19.2 Å². The average molecular weight is 263 g/mol. The molecule has 0 bridgehead atoms. The van der Waals surface area contributed by atoms with Crippen LogP contribution in [0.3, 0.4) is 0 Å². The number of rotatable bonds is 3. The van der Waals surface area contributed by atoms with Crippen molar-refractivity contribution in [1.29, 1.82) is 0 Å². The molecule has 1 aromatic carbocycles. The summed E-state index contributed by atoms with van der Waals surface area (Å²) in [5, 5.41) is 0. The maximum absolute atomic E-state index is 12.1. The van der Waals surface area contributed by atoms with E-state index in [-0.39, 0.29) is 12.1 Å². The molecule has 104 valence electrons. The summed E-state index contributed by atoms with van der Waals surface area (Å²) in [5.74, 6) is 1.04. The highest BCUT2D eigenvalue weighted by molar-refractivity contribution is 5.95. The van der Waals surface area contributed by atoms with Crippen molar-refractivity contribution in [3.05, 3.63) is 23.8 Å². The number of carbonyl (C=O) groups is 1. The number of methoxy groups -OCH3 is 1. The molecule has 0 radical (unpaired) electrons. The molecular formula is C15H21NO3. The number of esters is 1. The van der Waals surface area contributed by atoms with Crippen molar-refractivity contribution in [3.63, 3.8) is 0 Å². The van der Waals surface area contributed by atoms with Crippen molar-refractivity contribution in [2.75, 3.05) is 12.8 Å². The number of hydrogen-bond acceptors (Lipinski definition) is 4. The summed E-state index contributed by atoms with van der Waals surface area (Å²) in [6.07, 6.45) is 4.17. The summed E-state index contributed by atoms with van der Waals surface area (Å²) in [6, 6.07) is 5.01. The summed E-state index contributed by atoms with van der Waals surface area (Å²) in [6.45, 7) is 2.24. The lowest BCUT2D eigenvalue weighted by atomic mass is 9.89. The summed E-state index contributed by atoms with van der Waals surface area (Å²) in [5.41, 5.74) is 6.66. The van der Waals surface area contributed by atoms with Gasteiger partial charge in [0.1, 0.15) is 11.9 Å². The van der Waals surface area contributed by atoms with Crippen LogP contribution >= 0.6 is 0 Å². The number of nitrogens with two attached hydrogens (primary N) is 1. The Hall–Kier alpha value is -1.71. The van der Waals surface area contributed by atoms with E-state index in [0.717, 1.165) is 31.6 Å². The summed E-state index contributed by atoms with van der Waals surface area (Å²) < 4.78 is 10.6. The van der Waals surface area contributed by atoms with Gasteiger partial charge in [-0.15, -0.1) is 0 Å². The van der Waals surface area contributed by atoms with E-state index >= 15 is 0 Å². The molecule has 0 aromatic heterocycles. The van der Waals surface area contributed by atoms with E-state index in [1.807, 2.05) is 0 Å². The van der Waals surface area contributed by atoms with Crippen LogP contribution in [0.25, 0.3) is 0 Å². The van der Waals surface area contributed by atoms with Crippen molar-refractivity contribution in [2.24, 2.45) is 5.92 Å². The first-order chi connectivity index (χ1) is 9.10. The van der Waals surface area contributed by atoms with Crippen molar-refractivity contribution in [1.82, 2.24) is 0 Å². The van der Waals surface area contributed by atoms with E-state index in [1.54, 1.807) is 25.3 Å². The predicted octanol–water partition coefficient (Wildman–Crippen LogP) is 3.01. The second-order valence-corrected chi connectivity index (χ2v) is 5.24. The third-order valence-electron chi connectivity index (χ3n) is 3.72. The molecule has 0 atom stereocenters. The minimum atomic E-state index is -0.334. The first-order valence-electron chi connectivity index (χ1n) is 6.74. The van der Waals surface area contributed by atoms with Gasteiger partial charge in [-0.25, -0.2) is 4.79 Å². The van der Waals surface area contributed by atoms with E-state index in [2.05, 4.69) is 6.92 Å². The predicted molar refractivity (Wildman–Crippen MR) is 74.2 cm³/mol. The topological polar surface area (TPSA) is 61.5 Å². The van der Waals surface area contributed by atoms with Gasteiger partial charge in [0.05, 0.1) is 12.7 Å². The standard InChI is InChI=1S/C15H21NO3/c1-10-3-5-11(6-4-10)19-15(17)13-8-7-12(18-2)9-14(13)16/h7-11H,3-6,16H2,1-2H3. The van der Waals surface area contributed by atoms with Crippen LogP contribution in [0.5, 0.6) is 5.75 Å². The van der Waals surface area contributed by atoms with Crippen LogP contribution in [0, 0.1) is 5.92 Å². The summed E-state index contributed by atoms with van der Waals surface area (Å²) in [7, 11) is 1.57. The van der Waals surface area contributed by atoms with Crippen molar-refractivity contribution in [2.45, 2.75) is 38.7 Å². The van der Waals surface area contributed by atoms with Gasteiger partial charge in [-0.05, 0) is 43.7 Å². The van der Waals surface area contributed by atoms with Crippen LogP contribution in [0.15, 0.2) is 18.2 Å². The lowest BCUT2D eigenvalue weighted by Crippen LogP contribution is -2.24. The Labute approximate surface area is 113 Å². The van der Waals surface area contributed by atoms with Crippen LogP contribution in [-0.2, 0) is 4.74 Å². The molecular weight excluding hydrogens is 242 g/mol. The Balaban J connectivity index is 2.00. The fourth-order valence-electron chi connectivity index (χ4n) is 2.42. The van der Waals surface area contributed by atoms with Crippen LogP contribution in [0.1, 0.15) is 43.0 Å². The first-order valence-corrected chi connectivity index (χ1v) is 6.74. The monoisotopic (exact) mass is 263 g/mol. The molecule has 0 spiro atoms. The van der Waals surface area contributed by atoms with Crippen LogP contribution in [0.4, 0.5) is 5.69 Å². The van der Waals surface area contributed by atoms with E-state index in [1.165, 1.54) is 0 Å². The smallest absolute Gasteiger partial charge is 0.340 e. The Morgan fingerprint density at radius 1 is 1.26 bits per heavy atom. The number of carbonyl (C=O) groups excluding carboxylic acids is 1. The Morgan fingerprint density at radius 2 is 1.95 bits per heavy atom. The third-order valence-corrected chi connectivity index (χ3v) is 3.72. The van der Waals surface area contributed by atoms with Crippen molar-refractivity contribution >= 4 is 11.7 Å². The van der Waals surface area contributed by atoms with Gasteiger partial charge in [0, 0.05) is 11.8 Å². The Bertz CT molecular complexity index is 451. The zero-order valence-corrected chi connectivity index (χ0v) is 11.5. The van der Waals surface area contributed by atoms with Crippen LogP contribution in [0.2, 0.25) is 0 Å². The molecule has 4 heteroatoms. The molecule has 0 unspecified atom stereocenters. The van der Waals surface area contributed by atoms with Gasteiger partial charge in [-0.1, -0.05) is 6.92 Å². The third kappa shape index (κ3) is 3.40. The second-order valence-electron chi connectivity index (χ2n) is 5.24. The van der Waals surface area contributed by atoms with Crippen LogP contribution < -0.4 is 10.5 Å². The highest BCUT2D eigenvalue weighted by atomic mass is 16.5. The summed E-state index contributed by atoms with van der Waals surface area (Å²) in [4.78, 5) is 12.1. The van der Waals surface area contributed by atoms with Gasteiger partial charge in [-0.2, -0.15) is 0 Å². The highest BCUT2D eigenvalue weighted by Gasteiger charge is 2.23. The fraction of sp³-hybridized carbons (Fsp3) is 0.533. The lowest BCUT2D eigenvalue weighted by molar-refractivity contribution is 0.0175. The van der Waals surface area contributed by atoms with Gasteiger partial charge in [0.2, 0.25) is 0 Å². The minimum absolute atomic E-state index is 0.0326. The van der Waals surface area contributed by atoms with E-state index in [4.69, 9.17) is 15.2 Å². The largest absolute Gasteiger partial charge is 0.497 e. The molecule has 4 nitrogen and oxygen atoms in total. The molecule has 1 aliphatic carbocycles. The van der Waals surface area contributed by atoms with Gasteiger partial charge in [-0.3, -0.25) is 0 Å². The fourth-order valence-corrected chi connectivity index (χ4v) is 2.42. The summed E-state index contributed by atoms with van der Waals surface area (Å²) >= 11 is 0. The zero-order valence-electron chi connectivity index (χ0n) is 11.5. The van der Waals surface area contributed by atoms with Crippen molar-refractivity contribution < 1.29 is 14.3 Å². The molecule has 1 aliphatic rings. The van der Waals surface area contributed by atoms with Gasteiger partial charge in [0.25, 0.3) is 0 Å². The highest BCUT2D eigenvalue weighted by Crippen LogP contribution is 2.27. The Kier molecular flexibility index (Phi) is 4.30. The normalized spacial score (nSPS) is 22.8. The van der Waals surface area contributed by atoms with E-state index in [9.17, 15) is 4.79 Å². The molecule has 0 saturated heterocycles. The Morgan fingerprint density at radius 3 is 2.53 bits per heavy atom. The molecule has 1 aromatic rings. The van der Waals surface area contributed by atoms with Crippen molar-refractivity contribution in [3.8, 4) is 5.75 Å². The first kappa shape index (κ1) is 13.7. The molecule has 2 rings (SSSR count). The molecule has 19 heavy (non-hydrogen) atoms. The number of hydrogen-bond donors (Lipinski definition) is 1. The van der Waals surface area contributed by atoms with Gasteiger partial charge < -0.3 is 15.2 Å². The molecule has 1 fully saturated rings.